The standard InChI is InChI=1S/C13H20N4O3.C2H6/c1-9(14-2)15-13-11(7-19)16(3)8-17(13)12-5-4-10(6-18)20-12;1-2/h7-8,10,12,18H,4-6H2,1-3H3;1-2H3/p+1. The van der Waals surface area contributed by atoms with E-state index < -0.39 is 0 Å². The molecule has 1 saturated heterocycles. The first-order chi connectivity index (χ1) is 10.6. The number of aliphatic hydroxyl groups is 1. The smallest absolute Gasteiger partial charge is 0.272 e. The van der Waals surface area contributed by atoms with E-state index in [4.69, 9.17) is 9.84 Å². The molecule has 2 atom stereocenters. The first kappa shape index (κ1) is 18.3. The van der Waals surface area contributed by atoms with Crippen molar-refractivity contribution in [3.63, 3.8) is 0 Å². The minimum Gasteiger partial charge on any atom is -0.394 e. The van der Waals surface area contributed by atoms with E-state index in [1.165, 1.54) is 0 Å². The first-order valence-electron chi connectivity index (χ1n) is 7.63. The maximum atomic E-state index is 11.3. The zero-order chi connectivity index (χ0) is 16.7. The van der Waals surface area contributed by atoms with E-state index in [0.717, 1.165) is 19.1 Å². The molecule has 2 rings (SSSR count). The van der Waals surface area contributed by atoms with Crippen LogP contribution in [0.2, 0.25) is 0 Å². The second kappa shape index (κ2) is 8.65. The molecule has 7 heteroatoms. The van der Waals surface area contributed by atoms with Crippen molar-refractivity contribution >= 4 is 17.9 Å². The van der Waals surface area contributed by atoms with E-state index in [2.05, 4.69) is 10.3 Å². The normalized spacial score (nSPS) is 21.3. The van der Waals surface area contributed by atoms with Gasteiger partial charge in [-0.3, -0.25) is 19.7 Å². The Bertz CT molecular complexity index is 525. The number of rotatable bonds is 4. The number of carbonyl (C=O) groups is 1. The van der Waals surface area contributed by atoms with Crippen LogP contribution in [0.4, 0.5) is 5.82 Å². The number of aromatic nitrogens is 2. The molecule has 1 aromatic heterocycles. The van der Waals surface area contributed by atoms with Crippen LogP contribution in [0.15, 0.2) is 11.3 Å². The van der Waals surface area contributed by atoms with Gasteiger partial charge >= 0.3 is 0 Å². The molecule has 1 aliphatic rings. The molecule has 22 heavy (non-hydrogen) atoms. The van der Waals surface area contributed by atoms with Crippen molar-refractivity contribution in [1.29, 1.82) is 0 Å². The highest BCUT2D eigenvalue weighted by molar-refractivity contribution is 5.95. The summed E-state index contributed by atoms with van der Waals surface area (Å²) in [5, 5.41) is 12.3. The molecule has 0 bridgehead atoms. The number of hydrogen-bond donors (Lipinski definition) is 2. The predicted octanol–water partition coefficient (Wildman–Crippen LogP) is 1.28. The third kappa shape index (κ3) is 3.92. The average molecular weight is 311 g/mol. The second-order valence-electron chi connectivity index (χ2n) is 4.89. The van der Waals surface area contributed by atoms with Crippen molar-refractivity contribution in [2.45, 2.75) is 45.9 Å². The summed E-state index contributed by atoms with van der Waals surface area (Å²) in [6.45, 7) is 5.85. The Labute approximate surface area is 131 Å². The highest BCUT2D eigenvalue weighted by Crippen LogP contribution is 2.26. The fraction of sp³-hybridized carbons (Fsp3) is 0.667. The number of aryl methyl sites for hydroxylation is 1. The van der Waals surface area contributed by atoms with E-state index in [1.807, 2.05) is 38.7 Å². The number of ether oxygens (including phenoxy) is 1. The van der Waals surface area contributed by atoms with E-state index in [-0.39, 0.29) is 18.9 Å². The van der Waals surface area contributed by atoms with Crippen LogP contribution in [0.5, 0.6) is 0 Å². The molecule has 0 spiro atoms. The summed E-state index contributed by atoms with van der Waals surface area (Å²) in [6, 6.07) is 0. The Balaban J connectivity index is 0.00000116. The molecule has 1 aliphatic heterocycles. The fourth-order valence-electron chi connectivity index (χ4n) is 2.34. The lowest BCUT2D eigenvalue weighted by molar-refractivity contribution is -0.746. The van der Waals surface area contributed by atoms with E-state index in [9.17, 15) is 4.79 Å². The van der Waals surface area contributed by atoms with Gasteiger partial charge < -0.3 is 9.84 Å². The molecule has 124 valence electrons. The van der Waals surface area contributed by atoms with Crippen molar-refractivity contribution in [1.82, 2.24) is 4.57 Å². The Morgan fingerprint density at radius 3 is 2.77 bits per heavy atom. The minimum atomic E-state index is -0.181. The van der Waals surface area contributed by atoms with Gasteiger partial charge in [0.05, 0.1) is 19.8 Å². The van der Waals surface area contributed by atoms with Crippen molar-refractivity contribution in [3.8, 4) is 0 Å². The molecule has 2 heterocycles. The molecule has 2 N–H and O–H groups in total. The molecular formula is C15H27N4O3+. The highest BCUT2D eigenvalue weighted by atomic mass is 16.5. The number of aliphatic hydroxyl groups excluding tert-OH is 1. The average Bonchev–Trinajstić information content (AvgIpc) is 3.13. The predicted molar refractivity (Wildman–Crippen MR) is 85.2 cm³/mol. The van der Waals surface area contributed by atoms with Gasteiger partial charge in [-0.1, -0.05) is 13.8 Å². The third-order valence-corrected chi connectivity index (χ3v) is 3.52. The van der Waals surface area contributed by atoms with Gasteiger partial charge in [0.15, 0.2) is 24.7 Å². The Morgan fingerprint density at radius 1 is 1.59 bits per heavy atom. The number of anilines is 1. The SMILES string of the molecule is CC.CN=C(C)Nc1c(C=O)n(C)c[n+]1C1CCC(CO)O1. The van der Waals surface area contributed by atoms with Gasteiger partial charge in [0.1, 0.15) is 0 Å². The summed E-state index contributed by atoms with van der Waals surface area (Å²) >= 11 is 0. The number of amidine groups is 1. The van der Waals surface area contributed by atoms with Crippen LogP contribution in [-0.4, -0.2) is 41.6 Å². The summed E-state index contributed by atoms with van der Waals surface area (Å²) in [6.07, 6.45) is 3.91. The first-order valence-corrected chi connectivity index (χ1v) is 7.63. The molecular weight excluding hydrogens is 284 g/mol. The molecule has 0 aliphatic carbocycles. The van der Waals surface area contributed by atoms with Crippen LogP contribution in [0.25, 0.3) is 0 Å². The lowest BCUT2D eigenvalue weighted by Crippen LogP contribution is -2.41. The van der Waals surface area contributed by atoms with E-state index in [0.29, 0.717) is 17.3 Å². The van der Waals surface area contributed by atoms with Crippen LogP contribution in [0.1, 0.15) is 50.3 Å². The van der Waals surface area contributed by atoms with Gasteiger partial charge in [-0.15, -0.1) is 0 Å². The van der Waals surface area contributed by atoms with Crippen LogP contribution < -0.4 is 9.88 Å². The highest BCUT2D eigenvalue weighted by Gasteiger charge is 2.33. The van der Waals surface area contributed by atoms with Crippen LogP contribution in [0, 0.1) is 0 Å². The summed E-state index contributed by atoms with van der Waals surface area (Å²) in [7, 11) is 3.49. The number of hydrogen-bond acceptors (Lipinski definition) is 4. The molecule has 0 radical (unpaired) electrons. The third-order valence-electron chi connectivity index (χ3n) is 3.52. The van der Waals surface area contributed by atoms with Gasteiger partial charge in [0.2, 0.25) is 5.69 Å². The molecule has 7 nitrogen and oxygen atoms in total. The van der Waals surface area contributed by atoms with Crippen LogP contribution in [-0.2, 0) is 11.8 Å². The Morgan fingerprint density at radius 2 is 2.27 bits per heavy atom. The zero-order valence-electron chi connectivity index (χ0n) is 14.0. The van der Waals surface area contributed by atoms with Gasteiger partial charge in [0.25, 0.3) is 5.82 Å². The fourth-order valence-corrected chi connectivity index (χ4v) is 2.34. The number of nitrogens with zero attached hydrogens (tertiary/aromatic N) is 3. The summed E-state index contributed by atoms with van der Waals surface area (Å²) in [5.41, 5.74) is 0.532. The van der Waals surface area contributed by atoms with Gasteiger partial charge in [-0.25, -0.2) is 4.57 Å². The number of aldehydes is 1. The monoisotopic (exact) mass is 311 g/mol. The van der Waals surface area contributed by atoms with Crippen molar-refractivity contribution in [2.75, 3.05) is 19.0 Å². The largest absolute Gasteiger partial charge is 0.394 e. The van der Waals surface area contributed by atoms with Crippen molar-refractivity contribution in [3.05, 3.63) is 12.0 Å². The summed E-state index contributed by atoms with van der Waals surface area (Å²) in [4.78, 5) is 15.3. The van der Waals surface area contributed by atoms with Gasteiger partial charge in [-0.2, -0.15) is 0 Å². The van der Waals surface area contributed by atoms with Crippen molar-refractivity contribution in [2.24, 2.45) is 12.0 Å². The summed E-state index contributed by atoms with van der Waals surface area (Å²) in [5.74, 6) is 1.37. The molecule has 2 unspecified atom stereocenters. The van der Waals surface area contributed by atoms with Gasteiger partial charge in [0, 0.05) is 20.4 Å². The number of aliphatic imine (C=N–C) groups is 1. The summed E-state index contributed by atoms with van der Waals surface area (Å²) < 4.78 is 9.40. The number of imidazole rings is 1. The lowest BCUT2D eigenvalue weighted by Gasteiger charge is -2.12. The van der Waals surface area contributed by atoms with Crippen LogP contribution >= 0.6 is 0 Å². The van der Waals surface area contributed by atoms with Crippen molar-refractivity contribution < 1.29 is 19.2 Å². The van der Waals surface area contributed by atoms with Gasteiger partial charge in [-0.05, 0) is 6.42 Å². The maximum absolute atomic E-state index is 11.3. The van der Waals surface area contributed by atoms with Crippen LogP contribution in [0.3, 0.4) is 0 Å². The molecule has 0 aromatic carbocycles. The molecule has 0 saturated carbocycles. The van der Waals surface area contributed by atoms with E-state index >= 15 is 0 Å². The second-order valence-corrected chi connectivity index (χ2v) is 4.89. The molecule has 1 fully saturated rings. The quantitative estimate of drug-likeness (QED) is 0.380. The Kier molecular flexibility index (Phi) is 7.20. The zero-order valence-corrected chi connectivity index (χ0v) is 14.0. The Hall–Kier alpha value is -1.73. The topological polar surface area (TPSA) is 79.7 Å². The lowest BCUT2D eigenvalue weighted by atomic mass is 10.2. The number of nitrogens with one attached hydrogen (secondary N) is 1. The maximum Gasteiger partial charge on any atom is 0.272 e. The number of carbonyl (C=O) groups excluding carboxylic acids is 1. The molecule has 1 aromatic rings. The molecule has 0 amide bonds. The van der Waals surface area contributed by atoms with E-state index in [1.54, 1.807) is 11.6 Å². The minimum absolute atomic E-state index is 0.0165.